The molecule has 0 amide bonds. The molecule has 2 rings (SSSR count). The minimum atomic E-state index is 0.783. The highest BCUT2D eigenvalue weighted by Crippen LogP contribution is 2.35. The molecule has 1 fully saturated rings. The van der Waals surface area contributed by atoms with Crippen LogP contribution in [0.1, 0.15) is 37.2 Å². The Morgan fingerprint density at radius 2 is 1.75 bits per heavy atom. The maximum Gasteiger partial charge on any atom is 0.0490 e. The standard InChI is InChI=1S/C14H19IO/c1-16-10-11-2-4-12(5-3-11)13-6-8-14(15)9-7-13/h6-9,11-12H,2-5,10H2,1H3. The minimum Gasteiger partial charge on any atom is -0.384 e. The van der Waals surface area contributed by atoms with Gasteiger partial charge in [-0.25, -0.2) is 0 Å². The molecule has 0 aromatic heterocycles. The van der Waals surface area contributed by atoms with Crippen molar-refractivity contribution < 1.29 is 4.74 Å². The van der Waals surface area contributed by atoms with Crippen molar-refractivity contribution in [3.63, 3.8) is 0 Å². The predicted octanol–water partition coefficient (Wildman–Crippen LogP) is 4.21. The van der Waals surface area contributed by atoms with E-state index in [9.17, 15) is 0 Å². The molecule has 1 aromatic carbocycles. The average Bonchev–Trinajstić information content (AvgIpc) is 2.32. The topological polar surface area (TPSA) is 9.23 Å². The number of benzene rings is 1. The molecule has 1 nitrogen and oxygen atoms in total. The lowest BCUT2D eigenvalue weighted by Crippen LogP contribution is -2.17. The SMILES string of the molecule is COCC1CCC(c2ccc(I)cc2)CC1. The molecule has 0 unspecified atom stereocenters. The lowest BCUT2D eigenvalue weighted by atomic mass is 9.79. The van der Waals surface area contributed by atoms with E-state index >= 15 is 0 Å². The molecule has 0 heterocycles. The first-order valence-electron chi connectivity index (χ1n) is 6.04. The summed E-state index contributed by atoms with van der Waals surface area (Å²) in [6.45, 7) is 0.944. The van der Waals surface area contributed by atoms with E-state index in [2.05, 4.69) is 46.9 Å². The second-order valence-electron chi connectivity index (χ2n) is 4.72. The summed E-state index contributed by atoms with van der Waals surface area (Å²) in [5.74, 6) is 1.58. The van der Waals surface area contributed by atoms with Crippen molar-refractivity contribution in [1.82, 2.24) is 0 Å². The Balaban J connectivity index is 1.91. The quantitative estimate of drug-likeness (QED) is 0.755. The first-order chi connectivity index (χ1) is 7.79. The Kier molecular flexibility index (Phi) is 4.65. The third-order valence-electron chi connectivity index (χ3n) is 3.59. The van der Waals surface area contributed by atoms with Gasteiger partial charge in [-0.3, -0.25) is 0 Å². The zero-order valence-corrected chi connectivity index (χ0v) is 11.9. The highest BCUT2D eigenvalue weighted by Gasteiger charge is 2.21. The monoisotopic (exact) mass is 330 g/mol. The van der Waals surface area contributed by atoms with E-state index in [0.29, 0.717) is 0 Å². The first kappa shape index (κ1) is 12.4. The maximum absolute atomic E-state index is 5.24. The van der Waals surface area contributed by atoms with Crippen LogP contribution in [0.15, 0.2) is 24.3 Å². The number of hydrogen-bond donors (Lipinski definition) is 0. The Hall–Kier alpha value is -0.0900. The van der Waals surface area contributed by atoms with Crippen LogP contribution in [0.3, 0.4) is 0 Å². The number of rotatable bonds is 3. The van der Waals surface area contributed by atoms with Gasteiger partial charge in [0.2, 0.25) is 0 Å². The van der Waals surface area contributed by atoms with Crippen LogP contribution in [0.5, 0.6) is 0 Å². The van der Waals surface area contributed by atoms with Crippen LogP contribution in [-0.2, 0) is 4.74 Å². The molecule has 2 heteroatoms. The molecule has 88 valence electrons. The molecular formula is C14H19IO. The van der Waals surface area contributed by atoms with Gasteiger partial charge in [0.15, 0.2) is 0 Å². The molecule has 0 aliphatic heterocycles. The zero-order valence-electron chi connectivity index (χ0n) is 9.79. The summed E-state index contributed by atoms with van der Waals surface area (Å²) in [5, 5.41) is 0. The number of methoxy groups -OCH3 is 1. The second-order valence-corrected chi connectivity index (χ2v) is 5.97. The largest absolute Gasteiger partial charge is 0.384 e. The summed E-state index contributed by atoms with van der Waals surface area (Å²) in [6.07, 6.45) is 5.30. The molecule has 1 aliphatic carbocycles. The van der Waals surface area contributed by atoms with Crippen molar-refractivity contribution in [2.75, 3.05) is 13.7 Å². The fraction of sp³-hybridized carbons (Fsp3) is 0.571. The van der Waals surface area contributed by atoms with E-state index in [0.717, 1.165) is 18.4 Å². The predicted molar refractivity (Wildman–Crippen MR) is 75.7 cm³/mol. The lowest BCUT2D eigenvalue weighted by Gasteiger charge is -2.28. The van der Waals surface area contributed by atoms with Gasteiger partial charge in [-0.15, -0.1) is 0 Å². The van der Waals surface area contributed by atoms with E-state index in [1.54, 1.807) is 0 Å². The Morgan fingerprint density at radius 3 is 2.31 bits per heavy atom. The van der Waals surface area contributed by atoms with E-state index in [1.807, 2.05) is 7.11 Å². The summed E-state index contributed by atoms with van der Waals surface area (Å²) in [4.78, 5) is 0. The van der Waals surface area contributed by atoms with Gasteiger partial charge in [0.25, 0.3) is 0 Å². The van der Waals surface area contributed by atoms with Gasteiger partial charge in [-0.1, -0.05) is 12.1 Å². The van der Waals surface area contributed by atoms with Gasteiger partial charge in [0.1, 0.15) is 0 Å². The van der Waals surface area contributed by atoms with Crippen LogP contribution < -0.4 is 0 Å². The smallest absolute Gasteiger partial charge is 0.0490 e. The lowest BCUT2D eigenvalue weighted by molar-refractivity contribution is 0.127. The van der Waals surface area contributed by atoms with Gasteiger partial charge in [0, 0.05) is 17.3 Å². The van der Waals surface area contributed by atoms with Crippen LogP contribution in [0.4, 0.5) is 0 Å². The average molecular weight is 330 g/mol. The molecular weight excluding hydrogens is 311 g/mol. The van der Waals surface area contributed by atoms with E-state index in [1.165, 1.54) is 34.8 Å². The molecule has 1 aliphatic rings. The Labute approximate surface area is 112 Å². The molecule has 0 spiro atoms. The summed E-state index contributed by atoms with van der Waals surface area (Å²) in [7, 11) is 1.81. The fourth-order valence-electron chi connectivity index (χ4n) is 2.63. The molecule has 0 bridgehead atoms. The highest BCUT2D eigenvalue weighted by atomic mass is 127. The number of ether oxygens (including phenoxy) is 1. The second kappa shape index (κ2) is 6.01. The van der Waals surface area contributed by atoms with Crippen LogP contribution in [0, 0.1) is 9.49 Å². The third kappa shape index (κ3) is 3.20. The summed E-state index contributed by atoms with van der Waals surface area (Å²) < 4.78 is 6.57. The van der Waals surface area contributed by atoms with Crippen molar-refractivity contribution in [1.29, 1.82) is 0 Å². The molecule has 0 radical (unpaired) electrons. The van der Waals surface area contributed by atoms with Crippen molar-refractivity contribution >= 4 is 22.6 Å². The van der Waals surface area contributed by atoms with E-state index in [4.69, 9.17) is 4.74 Å². The zero-order chi connectivity index (χ0) is 11.4. The molecule has 0 saturated heterocycles. The van der Waals surface area contributed by atoms with Gasteiger partial charge >= 0.3 is 0 Å². The number of halogens is 1. The van der Waals surface area contributed by atoms with Gasteiger partial charge in [-0.05, 0) is 77.8 Å². The number of hydrogen-bond acceptors (Lipinski definition) is 1. The molecule has 1 aromatic rings. The highest BCUT2D eigenvalue weighted by molar-refractivity contribution is 14.1. The minimum absolute atomic E-state index is 0.783. The summed E-state index contributed by atoms with van der Waals surface area (Å²) >= 11 is 2.37. The van der Waals surface area contributed by atoms with Crippen molar-refractivity contribution in [2.24, 2.45) is 5.92 Å². The first-order valence-corrected chi connectivity index (χ1v) is 7.12. The van der Waals surface area contributed by atoms with Crippen molar-refractivity contribution in [3.05, 3.63) is 33.4 Å². The van der Waals surface area contributed by atoms with Crippen LogP contribution in [-0.4, -0.2) is 13.7 Å². The Morgan fingerprint density at radius 1 is 1.12 bits per heavy atom. The summed E-state index contributed by atoms with van der Waals surface area (Å²) in [5.41, 5.74) is 1.52. The fourth-order valence-corrected chi connectivity index (χ4v) is 2.99. The van der Waals surface area contributed by atoms with Crippen LogP contribution >= 0.6 is 22.6 Å². The summed E-state index contributed by atoms with van der Waals surface area (Å²) in [6, 6.07) is 9.03. The van der Waals surface area contributed by atoms with Crippen LogP contribution in [0.25, 0.3) is 0 Å². The van der Waals surface area contributed by atoms with E-state index in [-0.39, 0.29) is 0 Å². The van der Waals surface area contributed by atoms with Crippen LogP contribution in [0.2, 0.25) is 0 Å². The third-order valence-corrected chi connectivity index (χ3v) is 4.31. The molecule has 16 heavy (non-hydrogen) atoms. The Bertz CT molecular complexity index is 312. The van der Waals surface area contributed by atoms with Crippen molar-refractivity contribution in [3.8, 4) is 0 Å². The van der Waals surface area contributed by atoms with Gasteiger partial charge in [-0.2, -0.15) is 0 Å². The molecule has 0 atom stereocenters. The maximum atomic E-state index is 5.24. The van der Waals surface area contributed by atoms with Gasteiger partial charge in [0.05, 0.1) is 0 Å². The van der Waals surface area contributed by atoms with E-state index < -0.39 is 0 Å². The van der Waals surface area contributed by atoms with Gasteiger partial charge < -0.3 is 4.74 Å². The normalized spacial score (nSPS) is 25.6. The molecule has 0 N–H and O–H groups in total. The molecule has 1 saturated carbocycles. The van der Waals surface area contributed by atoms with Crippen molar-refractivity contribution in [2.45, 2.75) is 31.6 Å².